The SMILES string of the molecule is Cc1cc(N2CCSC(C)(C)CC2)ccc1C(=N)N. The largest absolute Gasteiger partial charge is 0.384 e. The van der Waals surface area contributed by atoms with Crippen LogP contribution in [0.3, 0.4) is 0 Å². The van der Waals surface area contributed by atoms with Crippen LogP contribution >= 0.6 is 11.8 Å². The van der Waals surface area contributed by atoms with E-state index < -0.39 is 0 Å². The number of rotatable bonds is 2. The van der Waals surface area contributed by atoms with E-state index in [2.05, 4.69) is 42.6 Å². The quantitative estimate of drug-likeness (QED) is 0.645. The predicted octanol–water partition coefficient (Wildman–Crippen LogP) is 3.00. The molecule has 0 unspecified atom stereocenters. The second-order valence-electron chi connectivity index (χ2n) is 5.76. The van der Waals surface area contributed by atoms with Crippen LogP contribution in [0.1, 0.15) is 31.4 Å². The molecule has 0 bridgehead atoms. The monoisotopic (exact) mass is 277 g/mol. The van der Waals surface area contributed by atoms with Crippen molar-refractivity contribution in [3.8, 4) is 0 Å². The molecule has 0 saturated carbocycles. The Morgan fingerprint density at radius 1 is 1.37 bits per heavy atom. The summed E-state index contributed by atoms with van der Waals surface area (Å²) in [5.41, 5.74) is 8.75. The van der Waals surface area contributed by atoms with Crippen molar-refractivity contribution in [3.05, 3.63) is 29.3 Å². The molecule has 2 rings (SSSR count). The third-order valence-corrected chi connectivity index (χ3v) is 5.08. The number of thioether (sulfide) groups is 1. The van der Waals surface area contributed by atoms with Gasteiger partial charge >= 0.3 is 0 Å². The summed E-state index contributed by atoms with van der Waals surface area (Å²) in [7, 11) is 0. The minimum absolute atomic E-state index is 0.150. The Kier molecular flexibility index (Phi) is 4.09. The van der Waals surface area contributed by atoms with Crippen LogP contribution in [-0.2, 0) is 0 Å². The summed E-state index contributed by atoms with van der Waals surface area (Å²) in [4.78, 5) is 2.44. The molecule has 0 atom stereocenters. The molecule has 104 valence electrons. The van der Waals surface area contributed by atoms with Crippen molar-refractivity contribution in [3.63, 3.8) is 0 Å². The van der Waals surface area contributed by atoms with Crippen LogP contribution in [0, 0.1) is 12.3 Å². The van der Waals surface area contributed by atoms with Crippen molar-refractivity contribution in [1.29, 1.82) is 5.41 Å². The zero-order chi connectivity index (χ0) is 14.0. The summed E-state index contributed by atoms with van der Waals surface area (Å²) >= 11 is 2.06. The van der Waals surface area contributed by atoms with E-state index in [1.807, 2.05) is 13.0 Å². The normalized spacial score (nSPS) is 19.0. The van der Waals surface area contributed by atoms with Gasteiger partial charge in [0.15, 0.2) is 0 Å². The predicted molar refractivity (Wildman–Crippen MR) is 85.6 cm³/mol. The summed E-state index contributed by atoms with van der Waals surface area (Å²) < 4.78 is 0.378. The van der Waals surface area contributed by atoms with Crippen molar-refractivity contribution in [1.82, 2.24) is 0 Å². The second kappa shape index (κ2) is 5.45. The van der Waals surface area contributed by atoms with E-state index in [0.29, 0.717) is 4.75 Å². The van der Waals surface area contributed by atoms with Crippen LogP contribution in [-0.4, -0.2) is 29.4 Å². The topological polar surface area (TPSA) is 53.1 Å². The highest BCUT2D eigenvalue weighted by Gasteiger charge is 2.23. The minimum atomic E-state index is 0.150. The Balaban J connectivity index is 2.18. The molecule has 0 amide bonds. The molecule has 3 nitrogen and oxygen atoms in total. The number of anilines is 1. The van der Waals surface area contributed by atoms with Gasteiger partial charge in [0.05, 0.1) is 0 Å². The molecule has 4 heteroatoms. The molecule has 19 heavy (non-hydrogen) atoms. The fourth-order valence-corrected chi connectivity index (χ4v) is 3.53. The van der Waals surface area contributed by atoms with Gasteiger partial charge in [-0.1, -0.05) is 13.8 Å². The lowest BCUT2D eigenvalue weighted by Gasteiger charge is -2.25. The first-order chi connectivity index (χ1) is 8.89. The third kappa shape index (κ3) is 3.44. The van der Waals surface area contributed by atoms with Crippen molar-refractivity contribution in [2.45, 2.75) is 31.9 Å². The van der Waals surface area contributed by atoms with Gasteiger partial charge in [-0.3, -0.25) is 5.41 Å². The molecule has 3 N–H and O–H groups in total. The number of nitrogens with two attached hydrogens (primary N) is 1. The van der Waals surface area contributed by atoms with Crippen molar-refractivity contribution in [2.24, 2.45) is 5.73 Å². The first-order valence-electron chi connectivity index (χ1n) is 6.73. The summed E-state index contributed by atoms with van der Waals surface area (Å²) in [5.74, 6) is 1.32. The highest BCUT2D eigenvalue weighted by molar-refractivity contribution is 8.00. The summed E-state index contributed by atoms with van der Waals surface area (Å²) in [6.45, 7) is 8.86. The van der Waals surface area contributed by atoms with Gasteiger partial charge in [-0.05, 0) is 37.1 Å². The number of nitrogens with zero attached hydrogens (tertiary/aromatic N) is 1. The van der Waals surface area contributed by atoms with E-state index in [0.717, 1.165) is 24.2 Å². The van der Waals surface area contributed by atoms with Gasteiger partial charge in [-0.15, -0.1) is 0 Å². The Morgan fingerprint density at radius 2 is 2.11 bits per heavy atom. The van der Waals surface area contributed by atoms with Crippen LogP contribution in [0.4, 0.5) is 5.69 Å². The minimum Gasteiger partial charge on any atom is -0.384 e. The van der Waals surface area contributed by atoms with Crippen LogP contribution in [0.25, 0.3) is 0 Å². The highest BCUT2D eigenvalue weighted by Crippen LogP contribution is 2.32. The molecule has 1 aromatic carbocycles. The number of nitrogen functional groups attached to an aromatic ring is 1. The average molecular weight is 277 g/mol. The maximum Gasteiger partial charge on any atom is 0.123 e. The molecular weight excluding hydrogens is 254 g/mol. The lowest BCUT2D eigenvalue weighted by atomic mass is 10.1. The van der Waals surface area contributed by atoms with E-state index in [1.54, 1.807) is 0 Å². The first kappa shape index (κ1) is 14.3. The second-order valence-corrected chi connectivity index (χ2v) is 7.56. The van der Waals surface area contributed by atoms with Crippen LogP contribution < -0.4 is 10.6 Å². The van der Waals surface area contributed by atoms with Crippen LogP contribution in [0.15, 0.2) is 18.2 Å². The molecule has 0 aliphatic carbocycles. The summed E-state index contributed by atoms with van der Waals surface area (Å²) in [6, 6.07) is 6.21. The lowest BCUT2D eigenvalue weighted by molar-refractivity contribution is 0.638. The van der Waals surface area contributed by atoms with Crippen molar-refractivity contribution < 1.29 is 0 Å². The lowest BCUT2D eigenvalue weighted by Crippen LogP contribution is -2.27. The molecule has 1 fully saturated rings. The van der Waals surface area contributed by atoms with Gasteiger partial charge in [-0.25, -0.2) is 0 Å². The van der Waals surface area contributed by atoms with Gasteiger partial charge in [-0.2, -0.15) is 11.8 Å². The number of hydrogen-bond acceptors (Lipinski definition) is 3. The standard InChI is InChI=1S/C15H23N3S/c1-11-10-12(4-5-13(11)14(16)17)18-7-6-15(2,3)19-9-8-18/h4-5,10H,6-9H2,1-3H3,(H3,16,17). The van der Waals surface area contributed by atoms with E-state index in [9.17, 15) is 0 Å². The van der Waals surface area contributed by atoms with Gasteiger partial charge < -0.3 is 10.6 Å². The summed E-state index contributed by atoms with van der Waals surface area (Å²) in [5, 5.41) is 7.54. The van der Waals surface area contributed by atoms with Crippen LogP contribution in [0.5, 0.6) is 0 Å². The Hall–Kier alpha value is -1.16. The Morgan fingerprint density at radius 3 is 2.74 bits per heavy atom. The fraction of sp³-hybridized carbons (Fsp3) is 0.533. The summed E-state index contributed by atoms with van der Waals surface area (Å²) in [6.07, 6.45) is 1.20. The average Bonchev–Trinajstić information content (AvgIpc) is 2.49. The molecule has 0 aromatic heterocycles. The molecule has 0 radical (unpaired) electrons. The number of aryl methyl sites for hydroxylation is 1. The number of amidine groups is 1. The zero-order valence-corrected chi connectivity index (χ0v) is 12.8. The zero-order valence-electron chi connectivity index (χ0n) is 12.0. The van der Waals surface area contributed by atoms with Gasteiger partial charge in [0.2, 0.25) is 0 Å². The molecule has 0 spiro atoms. The molecule has 1 saturated heterocycles. The molecule has 1 aliphatic rings. The van der Waals surface area contributed by atoms with E-state index >= 15 is 0 Å². The Labute approximate surface area is 120 Å². The first-order valence-corrected chi connectivity index (χ1v) is 7.71. The fourth-order valence-electron chi connectivity index (χ4n) is 2.43. The van der Waals surface area contributed by atoms with Gasteiger partial charge in [0.1, 0.15) is 5.84 Å². The number of nitrogens with one attached hydrogen (secondary N) is 1. The third-order valence-electron chi connectivity index (χ3n) is 3.70. The van der Waals surface area contributed by atoms with Gasteiger partial charge in [0, 0.05) is 34.8 Å². The number of benzene rings is 1. The molecular formula is C15H23N3S. The van der Waals surface area contributed by atoms with Crippen LogP contribution in [0.2, 0.25) is 0 Å². The molecule has 1 heterocycles. The van der Waals surface area contributed by atoms with E-state index in [-0.39, 0.29) is 5.84 Å². The maximum atomic E-state index is 7.54. The van der Waals surface area contributed by atoms with Gasteiger partial charge in [0.25, 0.3) is 0 Å². The molecule has 1 aromatic rings. The number of hydrogen-bond donors (Lipinski definition) is 2. The van der Waals surface area contributed by atoms with E-state index in [4.69, 9.17) is 11.1 Å². The highest BCUT2D eigenvalue weighted by atomic mass is 32.2. The Bertz CT molecular complexity index is 482. The maximum absolute atomic E-state index is 7.54. The molecule has 1 aliphatic heterocycles. The van der Waals surface area contributed by atoms with Crippen molar-refractivity contribution in [2.75, 3.05) is 23.7 Å². The van der Waals surface area contributed by atoms with Crippen molar-refractivity contribution >= 4 is 23.3 Å². The smallest absolute Gasteiger partial charge is 0.123 e. The van der Waals surface area contributed by atoms with E-state index in [1.165, 1.54) is 17.9 Å².